The van der Waals surface area contributed by atoms with Crippen LogP contribution >= 0.6 is 0 Å². The van der Waals surface area contributed by atoms with Gasteiger partial charge in [-0.25, -0.2) is 4.79 Å². The SMILES string of the molecule is CCCCCCCCC/C=C\CCCCCCCCCC(=O)OC(CCCCCCCCCCCCCCCCC)CCCCCCCC(=O)NCC(=O)NC(CO)C(=O)O. The highest BCUT2D eigenvalue weighted by Crippen LogP contribution is 2.20. The molecule has 0 bridgehead atoms. The molecule has 0 aliphatic rings. The predicted octanol–water partition coefficient (Wildman–Crippen LogP) is 13.8. The number of amides is 2. The predicted molar refractivity (Wildman–Crippen MR) is 255 cm³/mol. The zero-order valence-corrected chi connectivity index (χ0v) is 39.9. The number of esters is 1. The number of carbonyl (C=O) groups is 4. The standard InChI is InChI=1S/C52H98N2O7/c1-3-5-7-9-11-13-15-17-19-20-21-23-25-27-29-31-36-40-44-51(58)61-47(41-37-33-30-28-26-24-22-18-16-14-12-10-8-6-4-2)42-38-34-32-35-39-43-49(56)53-45-50(57)54-48(46-55)52(59)60/h19-20,47-48,55H,3-18,21-46H2,1-2H3,(H,53,56)(H,54,57)(H,59,60)/b20-19-. The van der Waals surface area contributed by atoms with Gasteiger partial charge in [-0.15, -0.1) is 0 Å². The summed E-state index contributed by atoms with van der Waals surface area (Å²) in [6.07, 6.45) is 52.5. The molecule has 2 amide bonds. The topological polar surface area (TPSA) is 142 Å². The number of allylic oxidation sites excluding steroid dienone is 2. The van der Waals surface area contributed by atoms with Crippen LogP contribution in [0.2, 0.25) is 0 Å². The Kier molecular flexibility index (Phi) is 45.2. The maximum atomic E-state index is 12.9. The Morgan fingerprint density at radius 3 is 1.23 bits per heavy atom. The first-order valence-electron chi connectivity index (χ1n) is 26.1. The van der Waals surface area contributed by atoms with Gasteiger partial charge < -0.3 is 25.6 Å². The van der Waals surface area contributed by atoms with Crippen molar-refractivity contribution >= 4 is 23.8 Å². The van der Waals surface area contributed by atoms with Gasteiger partial charge in [-0.2, -0.15) is 0 Å². The highest BCUT2D eigenvalue weighted by atomic mass is 16.5. The molecule has 0 rings (SSSR count). The summed E-state index contributed by atoms with van der Waals surface area (Å²) in [4.78, 5) is 47.8. The number of carboxylic acids is 1. The van der Waals surface area contributed by atoms with Crippen LogP contribution in [-0.2, 0) is 23.9 Å². The molecule has 9 heteroatoms. The van der Waals surface area contributed by atoms with Crippen molar-refractivity contribution in [2.45, 2.75) is 283 Å². The van der Waals surface area contributed by atoms with E-state index < -0.39 is 24.5 Å². The highest BCUT2D eigenvalue weighted by molar-refractivity contribution is 5.87. The summed E-state index contributed by atoms with van der Waals surface area (Å²) in [5.41, 5.74) is 0. The van der Waals surface area contributed by atoms with E-state index in [1.807, 2.05) is 0 Å². The Bertz CT molecular complexity index is 1040. The van der Waals surface area contributed by atoms with Gasteiger partial charge in [0.1, 0.15) is 12.1 Å². The van der Waals surface area contributed by atoms with Crippen molar-refractivity contribution in [2.24, 2.45) is 0 Å². The molecule has 9 nitrogen and oxygen atoms in total. The second-order valence-corrected chi connectivity index (χ2v) is 18.0. The average molecular weight is 863 g/mol. The third-order valence-corrected chi connectivity index (χ3v) is 12.0. The molecule has 0 aromatic heterocycles. The number of carbonyl (C=O) groups excluding carboxylic acids is 3. The van der Waals surface area contributed by atoms with Gasteiger partial charge in [0.25, 0.3) is 0 Å². The average Bonchev–Trinajstić information content (AvgIpc) is 3.25. The van der Waals surface area contributed by atoms with E-state index in [1.54, 1.807) is 0 Å². The largest absolute Gasteiger partial charge is 0.480 e. The lowest BCUT2D eigenvalue weighted by molar-refractivity contribution is -0.150. The number of hydrogen-bond donors (Lipinski definition) is 4. The molecule has 2 unspecified atom stereocenters. The smallest absolute Gasteiger partial charge is 0.328 e. The van der Waals surface area contributed by atoms with Crippen LogP contribution in [0.15, 0.2) is 12.2 Å². The molecule has 0 aliphatic carbocycles. The minimum Gasteiger partial charge on any atom is -0.480 e. The molecule has 0 saturated carbocycles. The van der Waals surface area contributed by atoms with Crippen molar-refractivity contribution in [3.05, 3.63) is 12.2 Å². The number of rotatable bonds is 48. The third kappa shape index (κ3) is 44.0. The second-order valence-electron chi connectivity index (χ2n) is 18.0. The van der Waals surface area contributed by atoms with Crippen LogP contribution in [0.5, 0.6) is 0 Å². The van der Waals surface area contributed by atoms with Crippen molar-refractivity contribution < 1.29 is 34.1 Å². The number of aliphatic hydroxyl groups is 1. The van der Waals surface area contributed by atoms with Crippen LogP contribution in [0.4, 0.5) is 0 Å². The van der Waals surface area contributed by atoms with E-state index in [2.05, 4.69) is 36.6 Å². The number of hydrogen-bond acceptors (Lipinski definition) is 6. The van der Waals surface area contributed by atoms with Gasteiger partial charge >= 0.3 is 11.9 Å². The van der Waals surface area contributed by atoms with E-state index in [4.69, 9.17) is 14.9 Å². The molecule has 0 saturated heterocycles. The van der Waals surface area contributed by atoms with Crippen molar-refractivity contribution in [3.8, 4) is 0 Å². The highest BCUT2D eigenvalue weighted by Gasteiger charge is 2.19. The molecule has 0 aromatic rings. The van der Waals surface area contributed by atoms with E-state index in [9.17, 15) is 19.2 Å². The van der Waals surface area contributed by atoms with E-state index in [1.165, 1.54) is 180 Å². The first kappa shape index (κ1) is 58.6. The molecule has 0 aliphatic heterocycles. The summed E-state index contributed by atoms with van der Waals surface area (Å²) >= 11 is 0. The summed E-state index contributed by atoms with van der Waals surface area (Å²) in [5.74, 6) is -2.27. The maximum Gasteiger partial charge on any atom is 0.328 e. The second kappa shape index (κ2) is 47.1. The summed E-state index contributed by atoms with van der Waals surface area (Å²) in [6.45, 7) is 3.52. The van der Waals surface area contributed by atoms with Gasteiger partial charge in [0.15, 0.2) is 0 Å². The summed E-state index contributed by atoms with van der Waals surface area (Å²) < 4.78 is 6.07. The first-order valence-corrected chi connectivity index (χ1v) is 26.1. The molecular weight excluding hydrogens is 765 g/mol. The normalized spacial score (nSPS) is 12.4. The van der Waals surface area contributed by atoms with Crippen LogP contribution in [0.1, 0.15) is 271 Å². The molecule has 61 heavy (non-hydrogen) atoms. The first-order chi connectivity index (χ1) is 29.8. The van der Waals surface area contributed by atoms with Crippen molar-refractivity contribution in [3.63, 3.8) is 0 Å². The number of ether oxygens (including phenoxy) is 1. The molecule has 358 valence electrons. The Labute approximate surface area is 375 Å². The molecular formula is C52H98N2O7. The lowest BCUT2D eigenvalue weighted by Crippen LogP contribution is -2.47. The van der Waals surface area contributed by atoms with Crippen LogP contribution < -0.4 is 10.6 Å². The number of aliphatic carboxylic acids is 1. The number of unbranched alkanes of at least 4 members (excludes halogenated alkanes) is 32. The van der Waals surface area contributed by atoms with Crippen LogP contribution in [0.25, 0.3) is 0 Å². The molecule has 0 fully saturated rings. The van der Waals surface area contributed by atoms with E-state index >= 15 is 0 Å². The van der Waals surface area contributed by atoms with Crippen LogP contribution in [0, 0.1) is 0 Å². The van der Waals surface area contributed by atoms with Crippen molar-refractivity contribution in [2.75, 3.05) is 13.2 Å². The molecule has 0 radical (unpaired) electrons. The minimum atomic E-state index is -1.38. The third-order valence-electron chi connectivity index (χ3n) is 12.0. The van der Waals surface area contributed by atoms with E-state index in [0.717, 1.165) is 57.8 Å². The summed E-state index contributed by atoms with van der Waals surface area (Å²) in [6, 6.07) is -1.38. The Morgan fingerprint density at radius 1 is 0.475 bits per heavy atom. The maximum absolute atomic E-state index is 12.9. The molecule has 0 aromatic carbocycles. The van der Waals surface area contributed by atoms with Crippen molar-refractivity contribution in [1.82, 2.24) is 10.6 Å². The van der Waals surface area contributed by atoms with Crippen LogP contribution in [-0.4, -0.2) is 59.3 Å². The molecule has 0 heterocycles. The van der Waals surface area contributed by atoms with Gasteiger partial charge in [0.05, 0.1) is 13.2 Å². The Hall–Kier alpha value is -2.42. The fourth-order valence-corrected chi connectivity index (χ4v) is 8.01. The fraction of sp³-hybridized carbons (Fsp3) is 0.885. The Balaban J connectivity index is 4.28. The molecule has 2 atom stereocenters. The molecule has 0 spiro atoms. The van der Waals surface area contributed by atoms with E-state index in [0.29, 0.717) is 19.3 Å². The van der Waals surface area contributed by atoms with Gasteiger partial charge in [-0.3, -0.25) is 14.4 Å². The quantitative estimate of drug-likeness (QED) is 0.0271. The van der Waals surface area contributed by atoms with Gasteiger partial charge in [0, 0.05) is 12.8 Å². The van der Waals surface area contributed by atoms with Gasteiger partial charge in [-0.05, 0) is 64.2 Å². The zero-order chi connectivity index (χ0) is 44.7. The van der Waals surface area contributed by atoms with Gasteiger partial charge in [0.2, 0.25) is 11.8 Å². The van der Waals surface area contributed by atoms with Gasteiger partial charge in [-0.1, -0.05) is 206 Å². The lowest BCUT2D eigenvalue weighted by Gasteiger charge is -2.18. The monoisotopic (exact) mass is 863 g/mol. The van der Waals surface area contributed by atoms with Crippen LogP contribution in [0.3, 0.4) is 0 Å². The molecule has 4 N–H and O–H groups in total. The Morgan fingerprint density at radius 2 is 0.836 bits per heavy atom. The number of aliphatic hydroxyl groups excluding tert-OH is 1. The minimum absolute atomic E-state index is 0.0115. The fourth-order valence-electron chi connectivity index (χ4n) is 8.01. The van der Waals surface area contributed by atoms with Crippen molar-refractivity contribution in [1.29, 1.82) is 0 Å². The lowest BCUT2D eigenvalue weighted by atomic mass is 10.0. The summed E-state index contributed by atoms with van der Waals surface area (Å²) in [5, 5.41) is 22.6. The number of nitrogens with one attached hydrogen (secondary N) is 2. The zero-order valence-electron chi connectivity index (χ0n) is 39.9. The van der Waals surface area contributed by atoms with E-state index in [-0.39, 0.29) is 24.5 Å². The summed E-state index contributed by atoms with van der Waals surface area (Å²) in [7, 11) is 0. The number of carboxylic acid groups (broad SMARTS) is 1.